The molecule has 0 radical (unpaired) electrons. The lowest BCUT2D eigenvalue weighted by Gasteiger charge is -2.49. The van der Waals surface area contributed by atoms with E-state index in [1.165, 1.54) is 28.6 Å². The number of phenolic OH excluding ortho intramolecular Hbond substituents is 1. The Kier molecular flexibility index (Phi) is 8.46. The Morgan fingerprint density at radius 2 is 1.68 bits per heavy atom. The van der Waals surface area contributed by atoms with E-state index in [2.05, 4.69) is 5.43 Å². The molecule has 0 spiro atoms. The highest BCUT2D eigenvalue weighted by Crippen LogP contribution is 2.62. The van der Waals surface area contributed by atoms with Crippen LogP contribution in [0.15, 0.2) is 112 Å². The highest BCUT2D eigenvalue weighted by atomic mass is 35.5. The van der Waals surface area contributed by atoms with Crippen LogP contribution in [0.1, 0.15) is 36.4 Å². The molecule has 1 aliphatic carbocycles. The van der Waals surface area contributed by atoms with Gasteiger partial charge < -0.3 is 14.6 Å². The normalized spacial score (nSPS) is 21.8. The number of phenols is 1. The number of allylic oxidation sites excluding steroid dienone is 2. The Bertz CT molecular complexity index is 2440. The SMILES string of the molecule is CCOc1cc(C2C3=CCn4c(=O)n(-c5ccccc5)c(=O)n4C3CC3C(=O)N(Nc4ccc(Cl)cc4Cl)C(=O)C32c2ccc(OC)cc2)ccc1O. The highest BCUT2D eigenvalue weighted by molar-refractivity contribution is 6.36. The summed E-state index contributed by atoms with van der Waals surface area (Å²) in [5.41, 5.74) is 2.71. The van der Waals surface area contributed by atoms with Crippen LogP contribution >= 0.6 is 23.2 Å². The number of aromatic nitrogens is 3. The number of amides is 2. The molecule has 4 atom stereocenters. The molecule has 2 N–H and O–H groups in total. The van der Waals surface area contributed by atoms with Crippen molar-refractivity contribution in [1.82, 2.24) is 18.9 Å². The molecule has 8 rings (SSSR count). The molecular formula is C39H33Cl2N5O7. The Labute approximate surface area is 312 Å². The van der Waals surface area contributed by atoms with Gasteiger partial charge in [-0.1, -0.05) is 65.7 Å². The summed E-state index contributed by atoms with van der Waals surface area (Å²) in [4.78, 5) is 58.5. The molecule has 3 aliphatic rings. The second-order valence-electron chi connectivity index (χ2n) is 13.1. The molecule has 4 aromatic carbocycles. The van der Waals surface area contributed by atoms with Gasteiger partial charge in [-0.3, -0.25) is 15.0 Å². The second kappa shape index (κ2) is 13.0. The maximum atomic E-state index is 15.4. The summed E-state index contributed by atoms with van der Waals surface area (Å²) in [5, 5.41) is 12.3. The zero-order valence-electron chi connectivity index (χ0n) is 28.5. The molecular weight excluding hydrogens is 721 g/mol. The van der Waals surface area contributed by atoms with Gasteiger partial charge in [-0.2, -0.15) is 5.01 Å². The molecule has 2 fully saturated rings. The van der Waals surface area contributed by atoms with Gasteiger partial charge in [0.1, 0.15) is 5.75 Å². The average molecular weight is 755 g/mol. The van der Waals surface area contributed by atoms with Gasteiger partial charge in [-0.25, -0.2) is 23.5 Å². The fourth-order valence-electron chi connectivity index (χ4n) is 8.26. The van der Waals surface area contributed by atoms with Gasteiger partial charge in [0.05, 0.1) is 54.0 Å². The maximum absolute atomic E-state index is 15.4. The Balaban J connectivity index is 1.39. The number of carbonyl (C=O) groups is 2. The van der Waals surface area contributed by atoms with Gasteiger partial charge in [0.15, 0.2) is 11.5 Å². The third-order valence-corrected chi connectivity index (χ3v) is 11.0. The number of hydrazine groups is 1. The van der Waals surface area contributed by atoms with Crippen LogP contribution in [0.25, 0.3) is 5.69 Å². The lowest BCUT2D eigenvalue weighted by molar-refractivity contribution is -0.138. The largest absolute Gasteiger partial charge is 0.504 e. The van der Waals surface area contributed by atoms with Crippen molar-refractivity contribution >= 4 is 40.7 Å². The number of ether oxygens (including phenoxy) is 2. The first-order chi connectivity index (χ1) is 25.6. The van der Waals surface area contributed by atoms with E-state index in [0.717, 1.165) is 9.58 Å². The van der Waals surface area contributed by atoms with Crippen LogP contribution in [0.4, 0.5) is 5.69 Å². The van der Waals surface area contributed by atoms with E-state index < -0.39 is 46.5 Å². The van der Waals surface area contributed by atoms with E-state index in [1.54, 1.807) is 85.8 Å². The molecule has 53 heavy (non-hydrogen) atoms. The molecule has 14 heteroatoms. The van der Waals surface area contributed by atoms with Crippen LogP contribution < -0.4 is 26.3 Å². The van der Waals surface area contributed by atoms with Crippen LogP contribution in [0.5, 0.6) is 17.2 Å². The van der Waals surface area contributed by atoms with Crippen LogP contribution in [-0.2, 0) is 21.5 Å². The fourth-order valence-corrected chi connectivity index (χ4v) is 8.71. The maximum Gasteiger partial charge on any atom is 0.352 e. The smallest absolute Gasteiger partial charge is 0.352 e. The van der Waals surface area contributed by atoms with Crippen molar-refractivity contribution in [1.29, 1.82) is 0 Å². The number of nitrogens with one attached hydrogen (secondary N) is 1. The predicted molar refractivity (Wildman–Crippen MR) is 198 cm³/mol. The number of methoxy groups -OCH3 is 1. The molecule has 1 aromatic heterocycles. The van der Waals surface area contributed by atoms with Crippen LogP contribution in [-0.4, -0.2) is 49.6 Å². The molecule has 1 saturated carbocycles. The Hall–Kier alpha value is -5.72. The van der Waals surface area contributed by atoms with Crippen LogP contribution in [0.3, 0.4) is 0 Å². The first-order valence-electron chi connectivity index (χ1n) is 17.0. The van der Waals surface area contributed by atoms with E-state index in [0.29, 0.717) is 33.2 Å². The zero-order valence-corrected chi connectivity index (χ0v) is 30.0. The van der Waals surface area contributed by atoms with Gasteiger partial charge in [0.25, 0.3) is 11.8 Å². The third-order valence-electron chi connectivity index (χ3n) is 10.5. The minimum absolute atomic E-state index is 0.0000161. The number of anilines is 1. The predicted octanol–water partition coefficient (Wildman–Crippen LogP) is 5.84. The van der Waals surface area contributed by atoms with E-state index in [-0.39, 0.29) is 41.8 Å². The number of hydrogen-bond acceptors (Lipinski definition) is 8. The quantitative estimate of drug-likeness (QED) is 0.149. The monoisotopic (exact) mass is 753 g/mol. The van der Waals surface area contributed by atoms with Crippen LogP contribution in [0, 0.1) is 5.92 Å². The molecule has 1 saturated heterocycles. The lowest BCUT2D eigenvalue weighted by Crippen LogP contribution is -2.53. The molecule has 3 heterocycles. The van der Waals surface area contributed by atoms with Crippen molar-refractivity contribution in [3.63, 3.8) is 0 Å². The van der Waals surface area contributed by atoms with Crippen molar-refractivity contribution in [3.05, 3.63) is 145 Å². The highest BCUT2D eigenvalue weighted by Gasteiger charge is 2.69. The molecule has 0 bridgehead atoms. The van der Waals surface area contributed by atoms with Gasteiger partial charge >= 0.3 is 11.4 Å². The summed E-state index contributed by atoms with van der Waals surface area (Å²) in [6, 6.07) is 24.3. The van der Waals surface area contributed by atoms with Gasteiger partial charge in [0, 0.05) is 10.9 Å². The summed E-state index contributed by atoms with van der Waals surface area (Å²) >= 11 is 12.7. The summed E-state index contributed by atoms with van der Waals surface area (Å²) < 4.78 is 15.2. The number of imide groups is 1. The van der Waals surface area contributed by atoms with E-state index in [1.807, 2.05) is 6.08 Å². The molecule has 4 unspecified atom stereocenters. The number of aromatic hydroxyl groups is 1. The average Bonchev–Trinajstić information content (AvgIpc) is 3.54. The number of nitrogens with zero attached hydrogens (tertiary/aromatic N) is 4. The number of carbonyl (C=O) groups excluding carboxylic acids is 2. The first kappa shape index (κ1) is 34.4. The van der Waals surface area contributed by atoms with Crippen molar-refractivity contribution in [2.45, 2.75) is 37.3 Å². The fraction of sp³-hybridized carbons (Fsp3) is 0.231. The minimum Gasteiger partial charge on any atom is -0.504 e. The van der Waals surface area contributed by atoms with Crippen LogP contribution in [0.2, 0.25) is 10.0 Å². The number of para-hydroxylation sites is 1. The molecule has 5 aromatic rings. The lowest BCUT2D eigenvalue weighted by atomic mass is 9.53. The van der Waals surface area contributed by atoms with Crippen molar-refractivity contribution < 1.29 is 24.2 Å². The molecule has 270 valence electrons. The summed E-state index contributed by atoms with van der Waals surface area (Å²) in [6.07, 6.45) is 1.87. The van der Waals surface area contributed by atoms with Gasteiger partial charge in [-0.15, -0.1) is 0 Å². The Morgan fingerprint density at radius 1 is 0.925 bits per heavy atom. The van der Waals surface area contributed by atoms with Gasteiger partial charge in [0.2, 0.25) is 0 Å². The van der Waals surface area contributed by atoms with E-state index in [4.69, 9.17) is 32.7 Å². The summed E-state index contributed by atoms with van der Waals surface area (Å²) in [5.74, 6) is -2.43. The zero-order chi connectivity index (χ0) is 37.2. The topological polar surface area (TPSA) is 137 Å². The minimum atomic E-state index is -1.59. The number of benzene rings is 4. The van der Waals surface area contributed by atoms with Crippen molar-refractivity contribution in [2.24, 2.45) is 5.92 Å². The second-order valence-corrected chi connectivity index (χ2v) is 13.9. The summed E-state index contributed by atoms with van der Waals surface area (Å²) in [6.45, 7) is 2.07. The van der Waals surface area contributed by atoms with Gasteiger partial charge in [-0.05, 0) is 84.6 Å². The Morgan fingerprint density at radius 3 is 2.38 bits per heavy atom. The van der Waals surface area contributed by atoms with Crippen molar-refractivity contribution in [2.75, 3.05) is 19.1 Å². The third kappa shape index (κ3) is 5.19. The molecule has 2 aliphatic heterocycles. The first-order valence-corrected chi connectivity index (χ1v) is 17.8. The van der Waals surface area contributed by atoms with E-state index >= 15 is 4.79 Å². The standard InChI is InChI=1S/C39H33Cl2N5O7/c1-3-53-33-19-22(9-16-32(33)47)34-27-17-18-43-37(50)44(25-7-5-4-6-8-25)38(51)46(43)31(27)21-28-35(48)45(42-30-15-12-24(40)20-29(30)41)36(49)39(28,34)23-10-13-26(52-2)14-11-23/h4-17,19-20,28,31,34,42,47H,3,18,21H2,1-2H3. The number of halogens is 2. The molecule has 2 amide bonds. The molecule has 12 nitrogen and oxygen atoms in total. The number of rotatable bonds is 8. The van der Waals surface area contributed by atoms with E-state index in [9.17, 15) is 19.5 Å². The number of hydrogen-bond donors (Lipinski definition) is 2. The summed E-state index contributed by atoms with van der Waals surface area (Å²) in [7, 11) is 1.53. The van der Waals surface area contributed by atoms with Crippen molar-refractivity contribution in [3.8, 4) is 22.9 Å². The number of fused-ring (bicyclic) bond motifs is 4.